The second-order valence-electron chi connectivity index (χ2n) is 3.82. The van der Waals surface area contributed by atoms with Crippen molar-refractivity contribution in [3.8, 4) is 0 Å². The Balaban J connectivity index is 2.82. The van der Waals surface area contributed by atoms with Crippen molar-refractivity contribution in [2.45, 2.75) is 45.6 Å². The van der Waals surface area contributed by atoms with E-state index in [9.17, 15) is 0 Å². The highest BCUT2D eigenvalue weighted by atomic mass is 14.9. The summed E-state index contributed by atoms with van der Waals surface area (Å²) in [5.74, 6) is 0. The molecule has 0 aromatic carbocycles. The molecule has 0 amide bonds. The molecule has 0 aliphatic heterocycles. The zero-order chi connectivity index (χ0) is 11.9. The molecule has 1 rings (SSSR count). The van der Waals surface area contributed by atoms with Crippen LogP contribution in [0.2, 0.25) is 0 Å². The maximum atomic E-state index is 4.46. The van der Waals surface area contributed by atoms with E-state index in [1.54, 1.807) is 12.4 Å². The lowest BCUT2D eigenvalue weighted by molar-refractivity contribution is 0.388. The Morgan fingerprint density at radius 3 is 2.44 bits per heavy atom. The molecule has 0 atom stereocenters. The molecule has 0 radical (unpaired) electrons. The van der Waals surface area contributed by atoms with E-state index < -0.39 is 0 Å². The fourth-order valence-electron chi connectivity index (χ4n) is 1.60. The third-order valence-corrected chi connectivity index (χ3v) is 3.09. The Labute approximate surface area is 97.4 Å². The largest absolute Gasteiger partial charge is 0.262 e. The van der Waals surface area contributed by atoms with Gasteiger partial charge in [-0.05, 0) is 31.4 Å². The van der Waals surface area contributed by atoms with Crippen molar-refractivity contribution >= 4 is 11.7 Å². The summed E-state index contributed by atoms with van der Waals surface area (Å²) in [4.78, 5) is 12.6. The van der Waals surface area contributed by atoms with Gasteiger partial charge in [-0.2, -0.15) is 4.99 Å². The lowest BCUT2D eigenvalue weighted by atomic mass is 9.91. The first kappa shape index (κ1) is 12.6. The molecule has 1 heterocycles. The average Bonchev–Trinajstić information content (AvgIpc) is 2.37. The molecule has 3 heteroatoms. The van der Waals surface area contributed by atoms with Gasteiger partial charge in [-0.3, -0.25) is 4.98 Å². The van der Waals surface area contributed by atoms with Crippen LogP contribution in [-0.4, -0.2) is 16.5 Å². The molecule has 0 saturated carbocycles. The van der Waals surface area contributed by atoms with Crippen LogP contribution in [0.5, 0.6) is 0 Å². The van der Waals surface area contributed by atoms with Crippen LogP contribution < -0.4 is 0 Å². The van der Waals surface area contributed by atoms with E-state index in [4.69, 9.17) is 0 Å². The van der Waals surface area contributed by atoms with Gasteiger partial charge in [0, 0.05) is 6.20 Å². The normalized spacial score (nSPS) is 10.7. The summed E-state index contributed by atoms with van der Waals surface area (Å²) in [6.07, 6.45) is 6.50. The van der Waals surface area contributed by atoms with Gasteiger partial charge in [0.05, 0.1) is 23.4 Å². The number of aromatic nitrogens is 1. The molecule has 0 unspecified atom stereocenters. The molecule has 0 aliphatic carbocycles. The minimum absolute atomic E-state index is 0.00566. The number of nitrogens with zero attached hydrogens (tertiary/aromatic N) is 3. The van der Waals surface area contributed by atoms with Gasteiger partial charge in [-0.15, -0.1) is 0 Å². The van der Waals surface area contributed by atoms with Crippen LogP contribution in [0.3, 0.4) is 0 Å². The highest BCUT2D eigenvalue weighted by Gasteiger charge is 2.21. The molecule has 1 aromatic rings. The second-order valence-corrected chi connectivity index (χ2v) is 3.82. The van der Waals surface area contributed by atoms with Crippen molar-refractivity contribution in [2.24, 2.45) is 9.98 Å². The van der Waals surface area contributed by atoms with Gasteiger partial charge in [0.15, 0.2) is 0 Å². The van der Waals surface area contributed by atoms with E-state index >= 15 is 0 Å². The molecule has 0 aliphatic rings. The molecule has 3 nitrogen and oxygen atoms in total. The standard InChI is InChI=1S/C13H19N3/c1-4-13(5-2,6-3)16-11-15-12-8-7-9-14-10-12/h7-10H,4-6H2,1-3H3. The molecule has 0 N–H and O–H groups in total. The minimum Gasteiger partial charge on any atom is -0.262 e. The third kappa shape index (κ3) is 3.28. The van der Waals surface area contributed by atoms with E-state index in [0.29, 0.717) is 0 Å². The second kappa shape index (κ2) is 6.19. The summed E-state index contributed by atoms with van der Waals surface area (Å²) in [5, 5.41) is 0. The number of rotatable bonds is 5. The van der Waals surface area contributed by atoms with Crippen molar-refractivity contribution < 1.29 is 0 Å². The molecule has 0 bridgehead atoms. The Hall–Kier alpha value is -1.47. The van der Waals surface area contributed by atoms with Crippen LogP contribution in [0, 0.1) is 0 Å². The van der Waals surface area contributed by atoms with E-state index in [1.165, 1.54) is 0 Å². The molecular formula is C13H19N3. The number of aliphatic imine (C=N–C) groups is 2. The van der Waals surface area contributed by atoms with E-state index in [2.05, 4.69) is 41.7 Å². The lowest BCUT2D eigenvalue weighted by Gasteiger charge is -2.23. The summed E-state index contributed by atoms with van der Waals surface area (Å²) in [5.41, 5.74) is 0.801. The monoisotopic (exact) mass is 217 g/mol. The fourth-order valence-corrected chi connectivity index (χ4v) is 1.60. The minimum atomic E-state index is 0.00566. The number of hydrogen-bond acceptors (Lipinski definition) is 3. The van der Waals surface area contributed by atoms with E-state index in [-0.39, 0.29) is 5.54 Å². The average molecular weight is 217 g/mol. The maximum absolute atomic E-state index is 4.46. The molecular weight excluding hydrogens is 198 g/mol. The molecule has 0 fully saturated rings. The van der Waals surface area contributed by atoms with Crippen molar-refractivity contribution in [1.29, 1.82) is 0 Å². The SMILES string of the molecule is CCC(CC)(CC)N=C=Nc1cccnc1. The van der Waals surface area contributed by atoms with Gasteiger partial charge < -0.3 is 0 Å². The first-order chi connectivity index (χ1) is 7.76. The highest BCUT2D eigenvalue weighted by molar-refractivity contribution is 5.51. The van der Waals surface area contributed by atoms with Crippen molar-refractivity contribution in [2.75, 3.05) is 0 Å². The molecule has 0 saturated heterocycles. The van der Waals surface area contributed by atoms with Crippen LogP contribution in [0.15, 0.2) is 34.5 Å². The Morgan fingerprint density at radius 2 is 1.94 bits per heavy atom. The maximum Gasteiger partial charge on any atom is 0.0955 e. The smallest absolute Gasteiger partial charge is 0.0955 e. The topological polar surface area (TPSA) is 37.6 Å². The first-order valence-corrected chi connectivity index (χ1v) is 5.84. The van der Waals surface area contributed by atoms with Gasteiger partial charge in [-0.1, -0.05) is 20.8 Å². The molecule has 1 aromatic heterocycles. The summed E-state index contributed by atoms with van der Waals surface area (Å²) in [6, 6.07) is 6.55. The quantitative estimate of drug-likeness (QED) is 0.690. The van der Waals surface area contributed by atoms with Gasteiger partial charge in [0.1, 0.15) is 0 Å². The zero-order valence-corrected chi connectivity index (χ0v) is 10.3. The summed E-state index contributed by atoms with van der Waals surface area (Å²) in [7, 11) is 0. The van der Waals surface area contributed by atoms with Crippen LogP contribution >= 0.6 is 0 Å². The van der Waals surface area contributed by atoms with Crippen LogP contribution in [0.1, 0.15) is 40.0 Å². The highest BCUT2D eigenvalue weighted by Crippen LogP contribution is 2.23. The van der Waals surface area contributed by atoms with Crippen LogP contribution in [0.25, 0.3) is 0 Å². The zero-order valence-electron chi connectivity index (χ0n) is 10.3. The van der Waals surface area contributed by atoms with Gasteiger partial charge in [-0.25, -0.2) is 4.99 Å². The van der Waals surface area contributed by atoms with Gasteiger partial charge in [0.2, 0.25) is 0 Å². The predicted octanol–water partition coefficient (Wildman–Crippen LogP) is 3.86. The Bertz CT molecular complexity index is 352. The first-order valence-electron chi connectivity index (χ1n) is 5.84. The fraction of sp³-hybridized carbons (Fsp3) is 0.538. The Kier molecular flexibility index (Phi) is 4.87. The van der Waals surface area contributed by atoms with Crippen molar-refractivity contribution in [3.63, 3.8) is 0 Å². The van der Waals surface area contributed by atoms with Gasteiger partial charge >= 0.3 is 0 Å². The number of pyridine rings is 1. The molecule has 86 valence electrons. The number of hydrogen-bond donors (Lipinski definition) is 0. The van der Waals surface area contributed by atoms with Crippen molar-refractivity contribution in [1.82, 2.24) is 4.98 Å². The summed E-state index contributed by atoms with van der Waals surface area (Å²) >= 11 is 0. The Morgan fingerprint density at radius 1 is 1.25 bits per heavy atom. The van der Waals surface area contributed by atoms with E-state index in [0.717, 1.165) is 24.9 Å². The van der Waals surface area contributed by atoms with Crippen LogP contribution in [-0.2, 0) is 0 Å². The summed E-state index contributed by atoms with van der Waals surface area (Å²) < 4.78 is 0. The van der Waals surface area contributed by atoms with Crippen LogP contribution in [0.4, 0.5) is 5.69 Å². The summed E-state index contributed by atoms with van der Waals surface area (Å²) in [6.45, 7) is 6.47. The third-order valence-electron chi connectivity index (χ3n) is 3.09. The molecule has 16 heavy (non-hydrogen) atoms. The lowest BCUT2D eigenvalue weighted by Crippen LogP contribution is -2.22. The van der Waals surface area contributed by atoms with Crippen molar-refractivity contribution in [3.05, 3.63) is 24.5 Å². The predicted molar refractivity (Wildman–Crippen MR) is 67.4 cm³/mol. The van der Waals surface area contributed by atoms with Gasteiger partial charge in [0.25, 0.3) is 0 Å². The van der Waals surface area contributed by atoms with E-state index in [1.807, 2.05) is 12.1 Å². The molecule has 0 spiro atoms.